The summed E-state index contributed by atoms with van der Waals surface area (Å²) in [7, 11) is -3.16. The van der Waals surface area contributed by atoms with Crippen LogP contribution in [0.2, 0.25) is 0 Å². The second kappa shape index (κ2) is 4.39. The van der Waals surface area contributed by atoms with Gasteiger partial charge in [0.05, 0.1) is 12.4 Å². The molecular formula is C8H17NO3S. The van der Waals surface area contributed by atoms with Gasteiger partial charge in [0, 0.05) is 6.04 Å². The number of nitrogens with one attached hydrogen (secondary N) is 1. The Hall–Kier alpha value is -0.130. The van der Waals surface area contributed by atoms with E-state index in [4.69, 9.17) is 5.11 Å². The molecule has 0 saturated heterocycles. The van der Waals surface area contributed by atoms with Gasteiger partial charge in [-0.2, -0.15) is 0 Å². The van der Waals surface area contributed by atoms with E-state index >= 15 is 0 Å². The molecule has 0 aromatic carbocycles. The van der Waals surface area contributed by atoms with Crippen molar-refractivity contribution >= 4 is 10.0 Å². The van der Waals surface area contributed by atoms with E-state index in [1.165, 1.54) is 12.8 Å². The van der Waals surface area contributed by atoms with Crippen LogP contribution in [0.5, 0.6) is 0 Å². The molecule has 13 heavy (non-hydrogen) atoms. The standard InChI is InChI=1S/C8H17NO3S/c1-7(6-10)9-13(11,12)5-4-8-2-3-8/h7-10H,2-6H2,1H3. The molecule has 0 spiro atoms. The summed E-state index contributed by atoms with van der Waals surface area (Å²) >= 11 is 0. The monoisotopic (exact) mass is 207 g/mol. The quantitative estimate of drug-likeness (QED) is 0.648. The third-order valence-corrected chi connectivity index (χ3v) is 3.68. The third kappa shape index (κ3) is 4.59. The lowest BCUT2D eigenvalue weighted by Crippen LogP contribution is -2.36. The van der Waals surface area contributed by atoms with Crippen molar-refractivity contribution in [1.82, 2.24) is 4.72 Å². The number of aliphatic hydroxyl groups excluding tert-OH is 1. The predicted octanol–water partition coefficient (Wildman–Crippen LogP) is 0.0867. The van der Waals surface area contributed by atoms with Crippen molar-refractivity contribution < 1.29 is 13.5 Å². The van der Waals surface area contributed by atoms with E-state index in [0.29, 0.717) is 5.92 Å². The number of aliphatic hydroxyl groups is 1. The molecule has 5 heteroatoms. The van der Waals surface area contributed by atoms with E-state index in [2.05, 4.69) is 4.72 Å². The fourth-order valence-corrected chi connectivity index (χ4v) is 2.58. The van der Waals surface area contributed by atoms with Crippen molar-refractivity contribution in [2.75, 3.05) is 12.4 Å². The second-order valence-electron chi connectivity index (χ2n) is 3.75. The first kappa shape index (κ1) is 10.9. The van der Waals surface area contributed by atoms with Gasteiger partial charge in [0.1, 0.15) is 0 Å². The van der Waals surface area contributed by atoms with Gasteiger partial charge >= 0.3 is 0 Å². The van der Waals surface area contributed by atoms with Crippen molar-refractivity contribution in [1.29, 1.82) is 0 Å². The molecule has 0 amide bonds. The van der Waals surface area contributed by atoms with Gasteiger partial charge in [-0.05, 0) is 19.3 Å². The molecule has 0 bridgehead atoms. The summed E-state index contributed by atoms with van der Waals surface area (Å²) in [6, 6.07) is -0.371. The van der Waals surface area contributed by atoms with Crippen molar-refractivity contribution in [3.05, 3.63) is 0 Å². The molecule has 78 valence electrons. The maximum Gasteiger partial charge on any atom is 0.211 e. The highest BCUT2D eigenvalue weighted by Crippen LogP contribution is 2.32. The van der Waals surface area contributed by atoms with Crippen LogP contribution in [0.4, 0.5) is 0 Å². The van der Waals surface area contributed by atoms with E-state index in [1.807, 2.05) is 0 Å². The van der Waals surface area contributed by atoms with Crippen LogP contribution in [0, 0.1) is 5.92 Å². The molecule has 0 aromatic rings. The Morgan fingerprint density at radius 1 is 1.54 bits per heavy atom. The van der Waals surface area contributed by atoms with Crippen molar-refractivity contribution in [2.45, 2.75) is 32.2 Å². The van der Waals surface area contributed by atoms with Crippen LogP contribution >= 0.6 is 0 Å². The van der Waals surface area contributed by atoms with Gasteiger partial charge < -0.3 is 5.11 Å². The minimum Gasteiger partial charge on any atom is -0.395 e. The van der Waals surface area contributed by atoms with Gasteiger partial charge in [-0.3, -0.25) is 0 Å². The van der Waals surface area contributed by atoms with Gasteiger partial charge in [-0.25, -0.2) is 13.1 Å². The van der Waals surface area contributed by atoms with Gasteiger partial charge in [-0.15, -0.1) is 0 Å². The van der Waals surface area contributed by atoms with E-state index < -0.39 is 10.0 Å². The summed E-state index contributed by atoms with van der Waals surface area (Å²) in [5, 5.41) is 8.66. The normalized spacial score (nSPS) is 20.2. The predicted molar refractivity (Wildman–Crippen MR) is 50.8 cm³/mol. The molecule has 4 nitrogen and oxygen atoms in total. The van der Waals surface area contributed by atoms with Gasteiger partial charge in [0.15, 0.2) is 0 Å². The molecule has 1 fully saturated rings. The molecule has 1 aliphatic carbocycles. The first-order valence-corrected chi connectivity index (χ1v) is 6.29. The number of sulfonamides is 1. The topological polar surface area (TPSA) is 66.4 Å². The average molecular weight is 207 g/mol. The molecule has 1 saturated carbocycles. The smallest absolute Gasteiger partial charge is 0.211 e. The van der Waals surface area contributed by atoms with Crippen LogP contribution in [-0.4, -0.2) is 31.9 Å². The maximum atomic E-state index is 11.3. The summed E-state index contributed by atoms with van der Waals surface area (Å²) < 4.78 is 25.0. The zero-order valence-electron chi connectivity index (χ0n) is 7.86. The van der Waals surface area contributed by atoms with Crippen molar-refractivity contribution in [3.63, 3.8) is 0 Å². The fourth-order valence-electron chi connectivity index (χ4n) is 1.13. The minimum absolute atomic E-state index is 0.150. The lowest BCUT2D eigenvalue weighted by molar-refractivity contribution is 0.265. The van der Waals surface area contributed by atoms with Crippen molar-refractivity contribution in [2.24, 2.45) is 5.92 Å². The first-order valence-electron chi connectivity index (χ1n) is 4.64. The van der Waals surface area contributed by atoms with E-state index in [1.54, 1.807) is 6.92 Å². The second-order valence-corrected chi connectivity index (χ2v) is 5.63. The highest BCUT2D eigenvalue weighted by atomic mass is 32.2. The van der Waals surface area contributed by atoms with Crippen LogP contribution in [0.1, 0.15) is 26.2 Å². The Labute approximate surface area is 79.4 Å². The SMILES string of the molecule is CC(CO)NS(=O)(=O)CCC1CC1. The molecule has 0 aromatic heterocycles. The largest absolute Gasteiger partial charge is 0.395 e. The Balaban J connectivity index is 2.26. The van der Waals surface area contributed by atoms with Crippen LogP contribution in [0.15, 0.2) is 0 Å². The van der Waals surface area contributed by atoms with Crippen molar-refractivity contribution in [3.8, 4) is 0 Å². The summed E-state index contributed by atoms with van der Waals surface area (Å²) in [6.45, 7) is 1.50. The number of hydrogen-bond acceptors (Lipinski definition) is 3. The molecule has 0 radical (unpaired) electrons. The van der Waals surface area contributed by atoms with E-state index in [-0.39, 0.29) is 18.4 Å². The zero-order chi connectivity index (χ0) is 9.90. The molecule has 2 N–H and O–H groups in total. The minimum atomic E-state index is -3.16. The zero-order valence-corrected chi connectivity index (χ0v) is 8.68. The van der Waals surface area contributed by atoms with Crippen LogP contribution in [0.3, 0.4) is 0 Å². The van der Waals surface area contributed by atoms with Crippen LogP contribution in [-0.2, 0) is 10.0 Å². The maximum absolute atomic E-state index is 11.3. The Kier molecular flexibility index (Phi) is 3.70. The Bertz CT molecular complexity index is 246. The molecule has 1 unspecified atom stereocenters. The molecule has 1 aliphatic rings. The summed E-state index contributed by atoms with van der Waals surface area (Å²) in [4.78, 5) is 0. The Morgan fingerprint density at radius 3 is 2.62 bits per heavy atom. The van der Waals surface area contributed by atoms with Crippen LogP contribution < -0.4 is 4.72 Å². The summed E-state index contributed by atoms with van der Waals surface area (Å²) in [5.74, 6) is 0.822. The lowest BCUT2D eigenvalue weighted by atomic mass is 10.3. The van der Waals surface area contributed by atoms with E-state index in [9.17, 15) is 8.42 Å². The fraction of sp³-hybridized carbons (Fsp3) is 1.00. The first-order chi connectivity index (χ1) is 6.03. The third-order valence-electron chi connectivity index (χ3n) is 2.15. The highest BCUT2D eigenvalue weighted by molar-refractivity contribution is 7.89. The number of rotatable bonds is 6. The summed E-state index contributed by atoms with van der Waals surface area (Å²) in [5.41, 5.74) is 0. The average Bonchev–Trinajstić information content (AvgIpc) is 2.83. The van der Waals surface area contributed by atoms with Gasteiger partial charge in [0.25, 0.3) is 0 Å². The molecular weight excluding hydrogens is 190 g/mol. The molecule has 0 heterocycles. The molecule has 0 aliphatic heterocycles. The summed E-state index contributed by atoms with van der Waals surface area (Å²) in [6.07, 6.45) is 3.10. The lowest BCUT2D eigenvalue weighted by Gasteiger charge is -2.10. The number of hydrogen-bond donors (Lipinski definition) is 2. The van der Waals surface area contributed by atoms with Crippen LogP contribution in [0.25, 0.3) is 0 Å². The highest BCUT2D eigenvalue weighted by Gasteiger charge is 2.24. The van der Waals surface area contributed by atoms with E-state index in [0.717, 1.165) is 6.42 Å². The molecule has 1 atom stereocenters. The molecule has 1 rings (SSSR count). The van der Waals surface area contributed by atoms with Gasteiger partial charge in [-0.1, -0.05) is 12.8 Å². The van der Waals surface area contributed by atoms with Gasteiger partial charge in [0.2, 0.25) is 10.0 Å². The Morgan fingerprint density at radius 2 is 2.15 bits per heavy atom.